The zero-order valence-corrected chi connectivity index (χ0v) is 4.94. The van der Waals surface area contributed by atoms with Crippen LogP contribution in [0.5, 0.6) is 0 Å². The highest BCUT2D eigenvalue weighted by molar-refractivity contribution is 5.45. The molecular formula is C6H3N2O2. The Kier molecular flexibility index (Phi) is 1.04. The summed E-state index contributed by atoms with van der Waals surface area (Å²) in [5.41, 5.74) is 0. The lowest BCUT2D eigenvalue weighted by Gasteiger charge is -1.80. The highest BCUT2D eigenvalue weighted by Gasteiger charge is 2.04. The van der Waals surface area contributed by atoms with Crippen LogP contribution in [-0.4, -0.2) is 10.4 Å². The largest absolute Gasteiger partial charge is 0.461 e. The van der Waals surface area contributed by atoms with Gasteiger partial charge in [-0.1, -0.05) is 0 Å². The average molecular weight is 135 g/mol. The van der Waals surface area contributed by atoms with Gasteiger partial charge in [0.25, 0.3) is 0 Å². The van der Waals surface area contributed by atoms with E-state index in [-0.39, 0.29) is 0 Å². The van der Waals surface area contributed by atoms with Gasteiger partial charge in [-0.25, -0.2) is 0 Å². The van der Waals surface area contributed by atoms with Gasteiger partial charge < -0.3 is 8.94 Å². The van der Waals surface area contributed by atoms with Crippen molar-refractivity contribution in [3.63, 3.8) is 0 Å². The van der Waals surface area contributed by atoms with E-state index in [1.807, 2.05) is 0 Å². The first-order valence-corrected chi connectivity index (χ1v) is 2.71. The molecule has 0 spiro atoms. The highest BCUT2D eigenvalue weighted by Crippen LogP contribution is 2.15. The Balaban J connectivity index is 2.48. The van der Waals surface area contributed by atoms with Crippen molar-refractivity contribution in [1.29, 1.82) is 0 Å². The minimum atomic E-state index is 0.421. The lowest BCUT2D eigenvalue weighted by Crippen LogP contribution is -1.63. The summed E-state index contributed by atoms with van der Waals surface area (Å²) in [7, 11) is 0. The van der Waals surface area contributed by atoms with Crippen LogP contribution < -0.4 is 0 Å². The monoisotopic (exact) mass is 135 g/mol. The van der Waals surface area contributed by atoms with Crippen LogP contribution in [-0.2, 0) is 0 Å². The first kappa shape index (κ1) is 5.22. The van der Waals surface area contributed by atoms with E-state index < -0.39 is 0 Å². The molecule has 0 atom stereocenters. The molecule has 0 amide bonds. The summed E-state index contributed by atoms with van der Waals surface area (Å²) < 4.78 is 9.64. The predicted molar refractivity (Wildman–Crippen MR) is 30.8 cm³/mol. The SMILES string of the molecule is [c]1nnoc1-c1ccco1. The summed E-state index contributed by atoms with van der Waals surface area (Å²) in [4.78, 5) is 0. The Hall–Kier alpha value is -1.58. The summed E-state index contributed by atoms with van der Waals surface area (Å²) in [5, 5.41) is 6.61. The molecule has 0 saturated heterocycles. The summed E-state index contributed by atoms with van der Waals surface area (Å²) in [6, 6.07) is 3.50. The quantitative estimate of drug-likeness (QED) is 0.588. The maximum Gasteiger partial charge on any atom is 0.232 e. The number of rotatable bonds is 1. The zero-order chi connectivity index (χ0) is 6.81. The second-order valence-electron chi connectivity index (χ2n) is 1.69. The van der Waals surface area contributed by atoms with Gasteiger partial charge in [-0.15, -0.1) is 5.10 Å². The van der Waals surface area contributed by atoms with Crippen molar-refractivity contribution in [3.8, 4) is 11.5 Å². The van der Waals surface area contributed by atoms with Gasteiger partial charge in [-0.05, 0) is 12.1 Å². The Bertz CT molecular complexity index is 253. The summed E-state index contributed by atoms with van der Waals surface area (Å²) in [6.45, 7) is 0. The Morgan fingerprint density at radius 1 is 1.50 bits per heavy atom. The fourth-order valence-corrected chi connectivity index (χ4v) is 0.655. The fraction of sp³-hybridized carbons (Fsp3) is 0. The van der Waals surface area contributed by atoms with Gasteiger partial charge in [0.15, 0.2) is 12.0 Å². The van der Waals surface area contributed by atoms with E-state index in [0.29, 0.717) is 11.5 Å². The molecule has 1 radical (unpaired) electrons. The minimum absolute atomic E-state index is 0.421. The smallest absolute Gasteiger partial charge is 0.232 e. The van der Waals surface area contributed by atoms with Crippen LogP contribution in [0.2, 0.25) is 0 Å². The maximum atomic E-state index is 4.97. The third-order valence-corrected chi connectivity index (χ3v) is 1.07. The molecule has 0 N–H and O–H groups in total. The van der Waals surface area contributed by atoms with Crippen LogP contribution >= 0.6 is 0 Å². The highest BCUT2D eigenvalue weighted by atomic mass is 16.5. The number of nitrogens with zero attached hydrogens (tertiary/aromatic N) is 2. The van der Waals surface area contributed by atoms with Gasteiger partial charge in [0, 0.05) is 5.27 Å². The van der Waals surface area contributed by atoms with E-state index in [4.69, 9.17) is 4.42 Å². The maximum absolute atomic E-state index is 4.97. The van der Waals surface area contributed by atoms with Crippen LogP contribution in [0.15, 0.2) is 27.3 Å². The summed E-state index contributed by atoms with van der Waals surface area (Å²) in [6.07, 6.45) is 4.07. The third-order valence-electron chi connectivity index (χ3n) is 1.07. The molecule has 4 nitrogen and oxygen atoms in total. The van der Waals surface area contributed by atoms with Crippen LogP contribution in [0, 0.1) is 6.20 Å². The molecule has 0 saturated carbocycles. The number of hydrogen-bond donors (Lipinski definition) is 0. The molecule has 0 unspecified atom stereocenters. The van der Waals surface area contributed by atoms with Gasteiger partial charge in [0.05, 0.1) is 6.26 Å². The van der Waals surface area contributed by atoms with Crippen LogP contribution in [0.3, 0.4) is 0 Å². The van der Waals surface area contributed by atoms with Crippen molar-refractivity contribution in [2.75, 3.05) is 0 Å². The second-order valence-corrected chi connectivity index (χ2v) is 1.69. The second kappa shape index (κ2) is 1.98. The minimum Gasteiger partial charge on any atom is -0.461 e. The molecule has 0 bridgehead atoms. The number of aromatic nitrogens is 2. The molecule has 0 aliphatic carbocycles. The lowest BCUT2D eigenvalue weighted by atomic mass is 10.4. The van der Waals surface area contributed by atoms with Crippen molar-refractivity contribution >= 4 is 0 Å². The Morgan fingerprint density at radius 2 is 2.50 bits per heavy atom. The lowest BCUT2D eigenvalue weighted by molar-refractivity contribution is 0.393. The van der Waals surface area contributed by atoms with Crippen molar-refractivity contribution in [2.24, 2.45) is 0 Å². The molecule has 0 aliphatic rings. The van der Waals surface area contributed by atoms with Crippen LogP contribution in [0.25, 0.3) is 11.5 Å². The van der Waals surface area contributed by atoms with Crippen molar-refractivity contribution in [1.82, 2.24) is 10.4 Å². The molecule has 2 aromatic rings. The van der Waals surface area contributed by atoms with Crippen molar-refractivity contribution in [3.05, 3.63) is 24.6 Å². The standard InChI is InChI=1S/C6H3N2O2/c1-2-5(9-3-1)6-4-7-8-10-6/h1-3H. The van der Waals surface area contributed by atoms with Crippen LogP contribution in [0.1, 0.15) is 0 Å². The molecule has 2 heterocycles. The van der Waals surface area contributed by atoms with Gasteiger partial charge in [0.1, 0.15) is 0 Å². The summed E-state index contributed by atoms with van der Waals surface area (Å²) >= 11 is 0. The molecule has 2 aromatic heterocycles. The van der Waals surface area contributed by atoms with Gasteiger partial charge in [-0.2, -0.15) is 0 Å². The predicted octanol–water partition coefficient (Wildman–Crippen LogP) is 1.13. The van der Waals surface area contributed by atoms with Crippen molar-refractivity contribution in [2.45, 2.75) is 0 Å². The molecule has 10 heavy (non-hydrogen) atoms. The number of hydrogen-bond acceptors (Lipinski definition) is 4. The first-order valence-electron chi connectivity index (χ1n) is 2.71. The molecular weight excluding hydrogens is 132 g/mol. The number of furan rings is 1. The topological polar surface area (TPSA) is 52.1 Å². The third kappa shape index (κ3) is 0.699. The molecule has 2 rings (SSSR count). The Morgan fingerprint density at radius 3 is 3.10 bits per heavy atom. The van der Waals surface area contributed by atoms with Crippen molar-refractivity contribution < 1.29 is 8.94 Å². The van der Waals surface area contributed by atoms with E-state index >= 15 is 0 Å². The molecule has 0 fully saturated rings. The van der Waals surface area contributed by atoms with Gasteiger partial charge in [-0.3, -0.25) is 0 Å². The van der Waals surface area contributed by atoms with Gasteiger partial charge in [0.2, 0.25) is 5.76 Å². The fourth-order valence-electron chi connectivity index (χ4n) is 0.655. The molecule has 0 aromatic carbocycles. The molecule has 4 heteroatoms. The van der Waals surface area contributed by atoms with E-state index in [2.05, 4.69) is 21.1 Å². The zero-order valence-electron chi connectivity index (χ0n) is 4.94. The van der Waals surface area contributed by atoms with Gasteiger partial charge >= 0.3 is 0 Å². The molecule has 49 valence electrons. The van der Waals surface area contributed by atoms with Crippen LogP contribution in [0.4, 0.5) is 0 Å². The van der Waals surface area contributed by atoms with E-state index in [1.54, 1.807) is 18.4 Å². The van der Waals surface area contributed by atoms with E-state index in [1.165, 1.54) is 0 Å². The van der Waals surface area contributed by atoms with E-state index in [9.17, 15) is 0 Å². The first-order chi connectivity index (χ1) is 4.97. The Labute approximate surface area is 56.4 Å². The molecule has 0 aliphatic heterocycles. The normalized spacial score (nSPS) is 10.0. The summed E-state index contributed by atoms with van der Waals surface area (Å²) in [5.74, 6) is 1.01. The van der Waals surface area contributed by atoms with E-state index in [0.717, 1.165) is 0 Å². The average Bonchev–Trinajstić information content (AvgIpc) is 2.59.